The Morgan fingerprint density at radius 3 is 2.40 bits per heavy atom. The zero-order chi connectivity index (χ0) is 7.40. The van der Waals surface area contributed by atoms with Gasteiger partial charge in [-0.1, -0.05) is 46.0 Å². The molecule has 0 radical (unpaired) electrons. The topological polar surface area (TPSA) is 0 Å². The molecule has 0 heteroatoms. The molecular weight excluding hydrogens is 120 g/mol. The fourth-order valence-corrected chi connectivity index (χ4v) is 1.98. The van der Waals surface area contributed by atoms with E-state index in [0.717, 1.165) is 11.8 Å². The molecule has 1 rings (SSSR count). The molecule has 0 aromatic carbocycles. The molecule has 1 fully saturated rings. The minimum Gasteiger partial charge on any atom is -0.0651 e. The first-order valence-corrected chi connectivity index (χ1v) is 4.83. The SMILES string of the molecule is CC[C@@H](C)CC1CCCC1. The van der Waals surface area contributed by atoms with Crippen LogP contribution in [0, 0.1) is 11.8 Å². The molecule has 1 saturated carbocycles. The summed E-state index contributed by atoms with van der Waals surface area (Å²) in [5, 5.41) is 0. The van der Waals surface area contributed by atoms with E-state index in [1.165, 1.54) is 38.5 Å². The molecule has 1 aliphatic rings. The van der Waals surface area contributed by atoms with Gasteiger partial charge in [0.1, 0.15) is 0 Å². The van der Waals surface area contributed by atoms with Gasteiger partial charge in [-0.3, -0.25) is 0 Å². The summed E-state index contributed by atoms with van der Waals surface area (Å²) in [5.74, 6) is 2.07. The molecular formula is C10H20. The monoisotopic (exact) mass is 140 g/mol. The van der Waals surface area contributed by atoms with E-state index in [1.807, 2.05) is 0 Å². The van der Waals surface area contributed by atoms with Crippen molar-refractivity contribution in [2.45, 2.75) is 52.4 Å². The Morgan fingerprint density at radius 2 is 1.90 bits per heavy atom. The zero-order valence-corrected chi connectivity index (χ0v) is 7.40. The Hall–Kier alpha value is 0. The number of rotatable bonds is 3. The van der Waals surface area contributed by atoms with Crippen LogP contribution in [0.2, 0.25) is 0 Å². The highest BCUT2D eigenvalue weighted by molar-refractivity contribution is 4.69. The molecule has 0 aliphatic heterocycles. The summed E-state index contributed by atoms with van der Waals surface area (Å²) < 4.78 is 0. The predicted octanol–water partition coefficient (Wildman–Crippen LogP) is 3.61. The van der Waals surface area contributed by atoms with Gasteiger partial charge in [0.05, 0.1) is 0 Å². The van der Waals surface area contributed by atoms with Crippen molar-refractivity contribution >= 4 is 0 Å². The zero-order valence-electron chi connectivity index (χ0n) is 7.40. The lowest BCUT2D eigenvalue weighted by atomic mass is 9.93. The molecule has 0 amide bonds. The Labute approximate surface area is 65.0 Å². The van der Waals surface area contributed by atoms with Crippen LogP contribution in [0.5, 0.6) is 0 Å². The Morgan fingerprint density at radius 1 is 1.30 bits per heavy atom. The van der Waals surface area contributed by atoms with E-state index in [1.54, 1.807) is 0 Å². The van der Waals surface area contributed by atoms with Gasteiger partial charge in [-0.05, 0) is 18.3 Å². The third-order valence-electron chi connectivity index (χ3n) is 2.91. The van der Waals surface area contributed by atoms with E-state index in [0.29, 0.717) is 0 Å². The number of hydrogen-bond donors (Lipinski definition) is 0. The van der Waals surface area contributed by atoms with Crippen LogP contribution in [0.25, 0.3) is 0 Å². The van der Waals surface area contributed by atoms with E-state index >= 15 is 0 Å². The summed E-state index contributed by atoms with van der Waals surface area (Å²) in [5.41, 5.74) is 0. The van der Waals surface area contributed by atoms with Gasteiger partial charge in [0.25, 0.3) is 0 Å². The molecule has 0 aromatic rings. The second kappa shape index (κ2) is 4.00. The van der Waals surface area contributed by atoms with Crippen LogP contribution < -0.4 is 0 Å². The van der Waals surface area contributed by atoms with Gasteiger partial charge in [-0.15, -0.1) is 0 Å². The molecule has 0 N–H and O–H groups in total. The van der Waals surface area contributed by atoms with E-state index in [-0.39, 0.29) is 0 Å². The minimum atomic E-state index is 0.975. The normalized spacial score (nSPS) is 23.4. The van der Waals surface area contributed by atoms with E-state index in [4.69, 9.17) is 0 Å². The third-order valence-corrected chi connectivity index (χ3v) is 2.91. The van der Waals surface area contributed by atoms with Crippen molar-refractivity contribution in [2.24, 2.45) is 11.8 Å². The predicted molar refractivity (Wildman–Crippen MR) is 46.0 cm³/mol. The maximum atomic E-state index is 2.39. The first kappa shape index (κ1) is 8.10. The first-order valence-electron chi connectivity index (χ1n) is 4.83. The van der Waals surface area contributed by atoms with E-state index in [9.17, 15) is 0 Å². The van der Waals surface area contributed by atoms with E-state index in [2.05, 4.69) is 13.8 Å². The van der Waals surface area contributed by atoms with Gasteiger partial charge in [0.2, 0.25) is 0 Å². The fraction of sp³-hybridized carbons (Fsp3) is 1.00. The molecule has 0 spiro atoms. The second-order valence-electron chi connectivity index (χ2n) is 3.90. The highest BCUT2D eigenvalue weighted by Crippen LogP contribution is 2.30. The highest BCUT2D eigenvalue weighted by Gasteiger charge is 2.16. The van der Waals surface area contributed by atoms with Crippen LogP contribution in [0.3, 0.4) is 0 Å². The molecule has 1 atom stereocenters. The van der Waals surface area contributed by atoms with Crippen molar-refractivity contribution in [1.29, 1.82) is 0 Å². The van der Waals surface area contributed by atoms with Crippen LogP contribution in [0.15, 0.2) is 0 Å². The van der Waals surface area contributed by atoms with Crippen LogP contribution in [-0.2, 0) is 0 Å². The number of hydrogen-bond acceptors (Lipinski definition) is 0. The van der Waals surface area contributed by atoms with Gasteiger partial charge in [0.15, 0.2) is 0 Å². The molecule has 0 aromatic heterocycles. The summed E-state index contributed by atoms with van der Waals surface area (Å²) in [6, 6.07) is 0. The smallest absolute Gasteiger partial charge is 0.0412 e. The van der Waals surface area contributed by atoms with Crippen LogP contribution >= 0.6 is 0 Å². The summed E-state index contributed by atoms with van der Waals surface area (Å²) in [7, 11) is 0. The van der Waals surface area contributed by atoms with Crippen molar-refractivity contribution < 1.29 is 0 Å². The first-order chi connectivity index (χ1) is 4.83. The Kier molecular flexibility index (Phi) is 3.24. The van der Waals surface area contributed by atoms with Crippen molar-refractivity contribution in [2.75, 3.05) is 0 Å². The molecule has 1 aliphatic carbocycles. The van der Waals surface area contributed by atoms with Crippen LogP contribution in [0.1, 0.15) is 52.4 Å². The minimum absolute atomic E-state index is 0.975. The molecule has 0 saturated heterocycles. The van der Waals surface area contributed by atoms with E-state index < -0.39 is 0 Å². The molecule has 0 nitrogen and oxygen atoms in total. The maximum Gasteiger partial charge on any atom is -0.0412 e. The van der Waals surface area contributed by atoms with Gasteiger partial charge < -0.3 is 0 Å². The van der Waals surface area contributed by atoms with Crippen molar-refractivity contribution in [3.8, 4) is 0 Å². The van der Waals surface area contributed by atoms with Gasteiger partial charge in [0, 0.05) is 0 Å². The standard InChI is InChI=1S/C10H20/c1-3-9(2)8-10-6-4-5-7-10/h9-10H,3-8H2,1-2H3/t9-/m1/s1. The summed E-state index contributed by atoms with van der Waals surface area (Å²) in [6.07, 6.45) is 8.91. The lowest BCUT2D eigenvalue weighted by Crippen LogP contribution is -2.00. The van der Waals surface area contributed by atoms with Crippen molar-refractivity contribution in [3.05, 3.63) is 0 Å². The quantitative estimate of drug-likeness (QED) is 0.561. The van der Waals surface area contributed by atoms with Crippen LogP contribution in [-0.4, -0.2) is 0 Å². The summed E-state index contributed by atoms with van der Waals surface area (Å²) >= 11 is 0. The molecule has 0 unspecified atom stereocenters. The average Bonchev–Trinajstić information content (AvgIpc) is 2.40. The highest BCUT2D eigenvalue weighted by atomic mass is 14.2. The third kappa shape index (κ3) is 2.32. The average molecular weight is 140 g/mol. The molecule has 60 valence electrons. The van der Waals surface area contributed by atoms with Gasteiger partial charge >= 0.3 is 0 Å². The second-order valence-corrected chi connectivity index (χ2v) is 3.90. The molecule has 0 heterocycles. The largest absolute Gasteiger partial charge is 0.0651 e. The summed E-state index contributed by atoms with van der Waals surface area (Å²) in [6.45, 7) is 4.69. The molecule has 0 bridgehead atoms. The lowest BCUT2D eigenvalue weighted by Gasteiger charge is -2.13. The van der Waals surface area contributed by atoms with Gasteiger partial charge in [-0.2, -0.15) is 0 Å². The molecule has 10 heavy (non-hydrogen) atoms. The van der Waals surface area contributed by atoms with Crippen molar-refractivity contribution in [1.82, 2.24) is 0 Å². The lowest BCUT2D eigenvalue weighted by molar-refractivity contribution is 0.390. The Bertz CT molecular complexity index is 80.0. The Balaban J connectivity index is 2.11. The van der Waals surface area contributed by atoms with Crippen molar-refractivity contribution in [3.63, 3.8) is 0 Å². The van der Waals surface area contributed by atoms with Crippen LogP contribution in [0.4, 0.5) is 0 Å². The summed E-state index contributed by atoms with van der Waals surface area (Å²) in [4.78, 5) is 0. The van der Waals surface area contributed by atoms with Gasteiger partial charge in [-0.25, -0.2) is 0 Å². The maximum absolute atomic E-state index is 2.39. The fourth-order valence-electron chi connectivity index (χ4n) is 1.98.